The van der Waals surface area contributed by atoms with Crippen molar-refractivity contribution in [2.75, 3.05) is 6.54 Å². The first-order valence-electron chi connectivity index (χ1n) is 9.61. The molecule has 1 saturated heterocycles. The Morgan fingerprint density at radius 2 is 1.85 bits per heavy atom. The molecule has 3 rings (SSSR count). The fourth-order valence-corrected chi connectivity index (χ4v) is 4.38. The van der Waals surface area contributed by atoms with Crippen molar-refractivity contribution in [1.29, 1.82) is 0 Å². The molecule has 0 aliphatic carbocycles. The van der Waals surface area contributed by atoms with E-state index in [0.29, 0.717) is 0 Å². The maximum Gasteiger partial charge on any atom is 0.0646 e. The van der Waals surface area contributed by atoms with Gasteiger partial charge >= 0.3 is 0 Å². The molecule has 3 N–H and O–H groups in total. The summed E-state index contributed by atoms with van der Waals surface area (Å²) in [6, 6.07) is 17.2. The Bertz CT molecular complexity index is 748. The van der Waals surface area contributed by atoms with Gasteiger partial charge in [-0.2, -0.15) is 0 Å². The quantitative estimate of drug-likeness (QED) is 0.771. The number of benzene rings is 2. The fourth-order valence-electron chi connectivity index (χ4n) is 4.26. The van der Waals surface area contributed by atoms with Crippen molar-refractivity contribution in [2.45, 2.75) is 58.0 Å². The van der Waals surface area contributed by atoms with E-state index in [1.165, 1.54) is 11.1 Å². The lowest BCUT2D eigenvalue weighted by molar-refractivity contribution is 0.251. The van der Waals surface area contributed by atoms with Crippen LogP contribution in [-0.2, 0) is 12.0 Å². The van der Waals surface area contributed by atoms with E-state index in [1.807, 2.05) is 12.1 Å². The minimum absolute atomic E-state index is 0.203. The zero-order chi connectivity index (χ0) is 18.9. The van der Waals surface area contributed by atoms with Crippen LogP contribution in [0.1, 0.15) is 56.7 Å². The number of nitrogens with one attached hydrogen (secondary N) is 1. The van der Waals surface area contributed by atoms with Crippen molar-refractivity contribution in [3.8, 4) is 0 Å². The van der Waals surface area contributed by atoms with E-state index >= 15 is 0 Å². The monoisotopic (exact) mass is 370 g/mol. The second-order valence-corrected chi connectivity index (χ2v) is 9.25. The van der Waals surface area contributed by atoms with Crippen LogP contribution in [0.5, 0.6) is 0 Å². The Kier molecular flexibility index (Phi) is 5.48. The van der Waals surface area contributed by atoms with Gasteiger partial charge in [-0.25, -0.2) is 0 Å². The lowest BCUT2D eigenvalue weighted by Gasteiger charge is -2.39. The van der Waals surface area contributed by atoms with Gasteiger partial charge in [-0.1, -0.05) is 75.7 Å². The normalized spacial score (nSPS) is 26.2. The molecule has 3 atom stereocenters. The van der Waals surface area contributed by atoms with Gasteiger partial charge in [0.15, 0.2) is 0 Å². The number of hydrogen-bond acceptors (Lipinski definition) is 2. The van der Waals surface area contributed by atoms with Gasteiger partial charge in [-0.3, -0.25) is 0 Å². The van der Waals surface area contributed by atoms with E-state index in [1.54, 1.807) is 0 Å². The largest absolute Gasteiger partial charge is 0.320 e. The summed E-state index contributed by atoms with van der Waals surface area (Å²) >= 11 is 6.14. The predicted octanol–water partition coefficient (Wildman–Crippen LogP) is 5.25. The molecule has 26 heavy (non-hydrogen) atoms. The lowest BCUT2D eigenvalue weighted by Crippen LogP contribution is -2.51. The standard InChI is InChI=1S/C23H31ClN2/c1-5-16-7-6-8-17(13-16)20-15-26-21(14-22(2,3)4)23(20,25)18-9-11-19(24)12-10-18/h6-13,20-21,26H,5,14-15,25H2,1-4H3/t20?,21?,23-/m0/s1. The van der Waals surface area contributed by atoms with Gasteiger partial charge in [0.05, 0.1) is 5.54 Å². The zero-order valence-corrected chi connectivity index (χ0v) is 17.1. The van der Waals surface area contributed by atoms with Crippen LogP contribution in [-0.4, -0.2) is 12.6 Å². The SMILES string of the molecule is CCc1cccc(C2CNC(CC(C)(C)C)[C@]2(N)c2ccc(Cl)cc2)c1. The summed E-state index contributed by atoms with van der Waals surface area (Å²) in [5.74, 6) is 0.238. The average Bonchev–Trinajstić information content (AvgIpc) is 2.91. The number of hydrogen-bond donors (Lipinski definition) is 2. The third kappa shape index (κ3) is 3.83. The van der Waals surface area contributed by atoms with Crippen LogP contribution in [0.2, 0.25) is 5.02 Å². The van der Waals surface area contributed by atoms with Gasteiger partial charge in [0.25, 0.3) is 0 Å². The van der Waals surface area contributed by atoms with Crippen molar-refractivity contribution in [1.82, 2.24) is 5.32 Å². The van der Waals surface area contributed by atoms with Crippen LogP contribution in [0.15, 0.2) is 48.5 Å². The lowest BCUT2D eigenvalue weighted by atomic mass is 9.70. The summed E-state index contributed by atoms with van der Waals surface area (Å²) in [6.45, 7) is 9.93. The van der Waals surface area contributed by atoms with E-state index in [4.69, 9.17) is 17.3 Å². The van der Waals surface area contributed by atoms with Crippen LogP contribution in [0.3, 0.4) is 0 Å². The van der Waals surface area contributed by atoms with Crippen molar-refractivity contribution < 1.29 is 0 Å². The summed E-state index contributed by atoms with van der Waals surface area (Å²) in [7, 11) is 0. The molecule has 1 aliphatic heterocycles. The van der Waals surface area contributed by atoms with Crippen molar-refractivity contribution >= 4 is 11.6 Å². The van der Waals surface area contributed by atoms with Crippen molar-refractivity contribution in [3.05, 3.63) is 70.2 Å². The van der Waals surface area contributed by atoms with Crippen LogP contribution < -0.4 is 11.1 Å². The molecule has 0 aromatic heterocycles. The van der Waals surface area contributed by atoms with Gasteiger partial charge < -0.3 is 11.1 Å². The maximum absolute atomic E-state index is 7.24. The molecule has 0 saturated carbocycles. The smallest absolute Gasteiger partial charge is 0.0646 e. The molecule has 0 bridgehead atoms. The molecule has 0 amide bonds. The summed E-state index contributed by atoms with van der Waals surface area (Å²) < 4.78 is 0. The molecule has 1 fully saturated rings. The Labute approximate surface area is 163 Å². The highest BCUT2D eigenvalue weighted by Gasteiger charge is 2.49. The van der Waals surface area contributed by atoms with Gasteiger partial charge in [-0.15, -0.1) is 0 Å². The van der Waals surface area contributed by atoms with E-state index < -0.39 is 5.54 Å². The van der Waals surface area contributed by atoms with Crippen LogP contribution >= 0.6 is 11.6 Å². The van der Waals surface area contributed by atoms with Gasteiger partial charge in [0.2, 0.25) is 0 Å². The van der Waals surface area contributed by atoms with Gasteiger partial charge in [0, 0.05) is 23.5 Å². The predicted molar refractivity (Wildman–Crippen MR) is 112 cm³/mol. The molecule has 1 aliphatic rings. The highest BCUT2D eigenvalue weighted by atomic mass is 35.5. The molecule has 2 unspecified atom stereocenters. The summed E-state index contributed by atoms with van der Waals surface area (Å²) in [4.78, 5) is 0. The average molecular weight is 371 g/mol. The second kappa shape index (κ2) is 7.34. The molecule has 0 radical (unpaired) electrons. The Hall–Kier alpha value is -1.35. The molecule has 1 heterocycles. The van der Waals surface area contributed by atoms with E-state index in [2.05, 4.69) is 69.4 Å². The third-order valence-electron chi connectivity index (χ3n) is 5.64. The Morgan fingerprint density at radius 1 is 1.15 bits per heavy atom. The molecule has 0 spiro atoms. The molecule has 3 heteroatoms. The van der Waals surface area contributed by atoms with Crippen LogP contribution in [0.4, 0.5) is 0 Å². The fraction of sp³-hybridized carbons (Fsp3) is 0.478. The number of halogens is 1. The molecular formula is C23H31ClN2. The second-order valence-electron chi connectivity index (χ2n) is 8.82. The minimum Gasteiger partial charge on any atom is -0.320 e. The third-order valence-corrected chi connectivity index (χ3v) is 5.90. The van der Waals surface area contributed by atoms with E-state index in [9.17, 15) is 0 Å². The summed E-state index contributed by atoms with van der Waals surface area (Å²) in [6.07, 6.45) is 2.06. The first-order valence-corrected chi connectivity index (χ1v) is 9.99. The number of nitrogens with two attached hydrogens (primary N) is 1. The topological polar surface area (TPSA) is 38.0 Å². The Balaban J connectivity index is 2.06. The van der Waals surface area contributed by atoms with Crippen LogP contribution in [0, 0.1) is 5.41 Å². The minimum atomic E-state index is -0.454. The molecule has 2 nitrogen and oxygen atoms in total. The molecular weight excluding hydrogens is 340 g/mol. The van der Waals surface area contributed by atoms with Gasteiger partial charge in [-0.05, 0) is 47.1 Å². The number of rotatable bonds is 4. The van der Waals surface area contributed by atoms with Crippen molar-refractivity contribution in [3.63, 3.8) is 0 Å². The van der Waals surface area contributed by atoms with Crippen LogP contribution in [0.25, 0.3) is 0 Å². The highest BCUT2D eigenvalue weighted by Crippen LogP contribution is 2.45. The molecule has 140 valence electrons. The van der Waals surface area contributed by atoms with Gasteiger partial charge in [0.1, 0.15) is 0 Å². The van der Waals surface area contributed by atoms with Crippen molar-refractivity contribution in [2.24, 2.45) is 11.1 Å². The first kappa shape index (κ1) is 19.4. The zero-order valence-electron chi connectivity index (χ0n) is 16.4. The maximum atomic E-state index is 7.24. The Morgan fingerprint density at radius 3 is 2.46 bits per heavy atom. The summed E-state index contributed by atoms with van der Waals surface area (Å²) in [5, 5.41) is 4.50. The van der Waals surface area contributed by atoms with E-state index in [0.717, 1.165) is 30.0 Å². The highest BCUT2D eigenvalue weighted by molar-refractivity contribution is 6.30. The molecule has 2 aromatic rings. The first-order chi connectivity index (χ1) is 12.2. The molecule has 2 aromatic carbocycles. The number of aryl methyl sites for hydroxylation is 1. The summed E-state index contributed by atoms with van der Waals surface area (Å²) in [5.41, 5.74) is 10.8. The van der Waals surface area contributed by atoms with E-state index in [-0.39, 0.29) is 17.4 Å².